The molecule has 5 nitrogen and oxygen atoms in total. The third-order valence-electron chi connectivity index (χ3n) is 2.97. The van der Waals surface area contributed by atoms with Crippen LogP contribution >= 0.6 is 11.3 Å². The Hall–Kier alpha value is -2.21. The number of anilines is 1. The number of nitrogens with two attached hydrogens (primary N) is 1. The number of benzene rings is 1. The summed E-state index contributed by atoms with van der Waals surface area (Å²) in [5.74, 6) is -0.231. The van der Waals surface area contributed by atoms with Crippen molar-refractivity contribution in [1.82, 2.24) is 4.98 Å². The molecular formula is C15H17N3O2S. The monoisotopic (exact) mass is 303 g/mol. The van der Waals surface area contributed by atoms with Crippen molar-refractivity contribution in [2.24, 2.45) is 5.73 Å². The highest BCUT2D eigenvalue weighted by Crippen LogP contribution is 2.18. The average Bonchev–Trinajstić information content (AvgIpc) is 2.85. The predicted molar refractivity (Wildman–Crippen MR) is 83.5 cm³/mol. The molecule has 0 radical (unpaired) electrons. The fourth-order valence-corrected chi connectivity index (χ4v) is 2.52. The summed E-state index contributed by atoms with van der Waals surface area (Å²) in [5.41, 5.74) is 7.43. The largest absolute Gasteiger partial charge is 0.369 e. The van der Waals surface area contributed by atoms with Gasteiger partial charge in [-0.2, -0.15) is 0 Å². The number of rotatable bonds is 5. The van der Waals surface area contributed by atoms with Crippen molar-refractivity contribution in [3.8, 4) is 0 Å². The quantitative estimate of drug-likeness (QED) is 0.890. The first-order chi connectivity index (χ1) is 9.95. The van der Waals surface area contributed by atoms with Gasteiger partial charge in [0.25, 0.3) is 5.91 Å². The highest BCUT2D eigenvalue weighted by Gasteiger charge is 2.10. The van der Waals surface area contributed by atoms with Crippen molar-refractivity contribution < 1.29 is 9.59 Å². The normalized spacial score (nSPS) is 10.6. The Morgan fingerprint density at radius 2 is 1.95 bits per heavy atom. The minimum Gasteiger partial charge on any atom is -0.369 e. The lowest BCUT2D eigenvalue weighted by Gasteiger charge is -2.06. The van der Waals surface area contributed by atoms with Gasteiger partial charge in [-0.15, -0.1) is 11.3 Å². The second kappa shape index (κ2) is 6.49. The lowest BCUT2D eigenvalue weighted by atomic mass is 10.0. The molecule has 0 spiro atoms. The number of carbonyl (C=O) groups excluding carboxylic acids is 2. The topological polar surface area (TPSA) is 85.1 Å². The summed E-state index contributed by atoms with van der Waals surface area (Å²) < 4.78 is 0. The zero-order valence-corrected chi connectivity index (χ0v) is 12.7. The standard InChI is InChI=1S/C15H17N3O2S/c1-9(2)10-3-5-11(6-4-10)14(20)18-15-17-12(8-21-15)7-13(16)19/h3-6,8-9H,7H2,1-2H3,(H2,16,19)(H,17,18,20). The van der Waals surface area contributed by atoms with Crippen molar-refractivity contribution in [2.45, 2.75) is 26.2 Å². The zero-order valence-electron chi connectivity index (χ0n) is 11.9. The lowest BCUT2D eigenvalue weighted by molar-refractivity contribution is -0.117. The van der Waals surface area contributed by atoms with Gasteiger partial charge in [0.15, 0.2) is 5.13 Å². The molecule has 6 heteroatoms. The average molecular weight is 303 g/mol. The van der Waals surface area contributed by atoms with Gasteiger partial charge in [-0.05, 0) is 23.6 Å². The van der Waals surface area contributed by atoms with Crippen LogP contribution in [0, 0.1) is 0 Å². The van der Waals surface area contributed by atoms with Crippen molar-refractivity contribution in [1.29, 1.82) is 0 Å². The van der Waals surface area contributed by atoms with Crippen LogP contribution in [0.15, 0.2) is 29.6 Å². The van der Waals surface area contributed by atoms with Crippen LogP contribution in [0.3, 0.4) is 0 Å². The molecule has 1 aromatic heterocycles. The van der Waals surface area contributed by atoms with E-state index < -0.39 is 5.91 Å². The van der Waals surface area contributed by atoms with Crippen LogP contribution in [-0.4, -0.2) is 16.8 Å². The SMILES string of the molecule is CC(C)c1ccc(C(=O)Nc2nc(CC(N)=O)cs2)cc1. The summed E-state index contributed by atoms with van der Waals surface area (Å²) >= 11 is 1.27. The van der Waals surface area contributed by atoms with E-state index in [4.69, 9.17) is 5.73 Å². The van der Waals surface area contributed by atoms with Crippen molar-refractivity contribution in [3.63, 3.8) is 0 Å². The molecule has 0 atom stereocenters. The van der Waals surface area contributed by atoms with Gasteiger partial charge < -0.3 is 5.73 Å². The molecule has 2 amide bonds. The third-order valence-corrected chi connectivity index (χ3v) is 3.77. The van der Waals surface area contributed by atoms with E-state index in [-0.39, 0.29) is 12.3 Å². The Labute approximate surface area is 127 Å². The molecule has 0 fully saturated rings. The number of thiazole rings is 1. The van der Waals surface area contributed by atoms with Gasteiger partial charge in [-0.25, -0.2) is 4.98 Å². The molecule has 21 heavy (non-hydrogen) atoms. The van der Waals surface area contributed by atoms with E-state index in [1.165, 1.54) is 16.9 Å². The molecule has 3 N–H and O–H groups in total. The molecular weight excluding hydrogens is 286 g/mol. The first-order valence-electron chi connectivity index (χ1n) is 6.59. The van der Waals surface area contributed by atoms with E-state index in [1.54, 1.807) is 17.5 Å². The minimum absolute atomic E-state index is 0.0788. The zero-order chi connectivity index (χ0) is 15.4. The number of nitrogens with zero attached hydrogens (tertiary/aromatic N) is 1. The van der Waals surface area contributed by atoms with E-state index in [0.717, 1.165) is 0 Å². The predicted octanol–water partition coefficient (Wildman–Crippen LogP) is 2.55. The summed E-state index contributed by atoms with van der Waals surface area (Å²) in [6.45, 7) is 4.20. The van der Waals surface area contributed by atoms with E-state index in [0.29, 0.717) is 22.3 Å². The molecule has 2 aromatic rings. The molecule has 0 saturated heterocycles. The van der Waals surface area contributed by atoms with Crippen molar-refractivity contribution in [3.05, 3.63) is 46.5 Å². The van der Waals surface area contributed by atoms with Gasteiger partial charge >= 0.3 is 0 Å². The van der Waals surface area contributed by atoms with E-state index in [2.05, 4.69) is 24.1 Å². The molecule has 0 aliphatic rings. The van der Waals surface area contributed by atoms with Gasteiger partial charge in [-0.1, -0.05) is 26.0 Å². The highest BCUT2D eigenvalue weighted by molar-refractivity contribution is 7.14. The maximum atomic E-state index is 12.1. The van der Waals surface area contributed by atoms with Crippen molar-refractivity contribution >= 4 is 28.3 Å². The number of aromatic nitrogens is 1. The first kappa shape index (κ1) is 15.2. The fourth-order valence-electron chi connectivity index (χ4n) is 1.81. The molecule has 0 unspecified atom stereocenters. The summed E-state index contributed by atoms with van der Waals surface area (Å²) in [5, 5.41) is 4.89. The number of nitrogens with one attached hydrogen (secondary N) is 1. The summed E-state index contributed by atoms with van der Waals surface area (Å²) in [6.07, 6.45) is 0.0788. The van der Waals surface area contributed by atoms with E-state index in [1.807, 2.05) is 12.1 Å². The van der Waals surface area contributed by atoms with Gasteiger partial charge in [0.2, 0.25) is 5.91 Å². The Morgan fingerprint density at radius 3 is 2.52 bits per heavy atom. The summed E-state index contributed by atoms with van der Waals surface area (Å²) in [6, 6.07) is 7.48. The summed E-state index contributed by atoms with van der Waals surface area (Å²) in [4.78, 5) is 27.0. The molecule has 110 valence electrons. The number of primary amides is 1. The van der Waals surface area contributed by atoms with Crippen LogP contribution in [0.4, 0.5) is 5.13 Å². The van der Waals surface area contributed by atoms with Gasteiger partial charge in [0, 0.05) is 10.9 Å². The Bertz CT molecular complexity index is 647. The molecule has 0 aliphatic carbocycles. The van der Waals surface area contributed by atoms with Gasteiger partial charge in [0.05, 0.1) is 12.1 Å². The van der Waals surface area contributed by atoms with E-state index in [9.17, 15) is 9.59 Å². The van der Waals surface area contributed by atoms with Gasteiger partial charge in [0.1, 0.15) is 0 Å². The van der Waals surface area contributed by atoms with Crippen LogP contribution in [0.25, 0.3) is 0 Å². The number of hydrogen-bond acceptors (Lipinski definition) is 4. The second-order valence-corrected chi connectivity index (χ2v) is 5.88. The van der Waals surface area contributed by atoms with E-state index >= 15 is 0 Å². The maximum absolute atomic E-state index is 12.1. The van der Waals surface area contributed by atoms with Crippen LogP contribution in [0.2, 0.25) is 0 Å². The third kappa shape index (κ3) is 4.13. The Kier molecular flexibility index (Phi) is 4.70. The minimum atomic E-state index is -0.442. The highest BCUT2D eigenvalue weighted by atomic mass is 32.1. The molecule has 0 saturated carbocycles. The summed E-state index contributed by atoms with van der Waals surface area (Å²) in [7, 11) is 0. The molecule has 0 aliphatic heterocycles. The van der Waals surface area contributed by atoms with Crippen LogP contribution in [-0.2, 0) is 11.2 Å². The lowest BCUT2D eigenvalue weighted by Crippen LogP contribution is -2.14. The first-order valence-corrected chi connectivity index (χ1v) is 7.47. The second-order valence-electron chi connectivity index (χ2n) is 5.02. The molecule has 1 aromatic carbocycles. The number of carbonyl (C=O) groups is 2. The molecule has 1 heterocycles. The fraction of sp³-hybridized carbons (Fsp3) is 0.267. The van der Waals surface area contributed by atoms with Crippen LogP contribution in [0.5, 0.6) is 0 Å². The van der Waals surface area contributed by atoms with Gasteiger partial charge in [-0.3, -0.25) is 14.9 Å². The van der Waals surface area contributed by atoms with Crippen LogP contribution in [0.1, 0.15) is 41.4 Å². The smallest absolute Gasteiger partial charge is 0.257 e. The molecule has 0 bridgehead atoms. The Balaban J connectivity index is 2.03. The molecule has 2 rings (SSSR count). The number of amides is 2. The Morgan fingerprint density at radius 1 is 1.29 bits per heavy atom. The van der Waals surface area contributed by atoms with Crippen molar-refractivity contribution in [2.75, 3.05) is 5.32 Å². The maximum Gasteiger partial charge on any atom is 0.257 e. The number of hydrogen-bond donors (Lipinski definition) is 2. The van der Waals surface area contributed by atoms with Crippen LogP contribution < -0.4 is 11.1 Å².